The van der Waals surface area contributed by atoms with Gasteiger partial charge < -0.3 is 10.6 Å². The van der Waals surface area contributed by atoms with Crippen LogP contribution < -0.4 is 5.73 Å². The number of benzene rings is 1. The van der Waals surface area contributed by atoms with Crippen LogP contribution in [0.1, 0.15) is 50.0 Å². The van der Waals surface area contributed by atoms with Gasteiger partial charge in [-0.2, -0.15) is 4.31 Å². The van der Waals surface area contributed by atoms with E-state index in [-0.39, 0.29) is 16.8 Å². The Bertz CT molecular complexity index is 713. The zero-order chi connectivity index (χ0) is 20.1. The zero-order valence-electron chi connectivity index (χ0n) is 16.8. The third-order valence-electron chi connectivity index (χ3n) is 4.76. The molecule has 6 nitrogen and oxygen atoms in total. The minimum atomic E-state index is -3.61. The van der Waals surface area contributed by atoms with E-state index in [1.807, 2.05) is 0 Å². The van der Waals surface area contributed by atoms with Crippen molar-refractivity contribution >= 4 is 15.9 Å². The summed E-state index contributed by atoms with van der Waals surface area (Å²) in [6.45, 7) is 10.8. The zero-order valence-corrected chi connectivity index (χ0v) is 17.6. The highest BCUT2D eigenvalue weighted by molar-refractivity contribution is 7.89. The number of nitrogens with two attached hydrogens (primary N) is 1. The van der Waals surface area contributed by atoms with Gasteiger partial charge in [-0.25, -0.2) is 8.42 Å². The van der Waals surface area contributed by atoms with Crippen molar-refractivity contribution in [2.24, 2.45) is 11.7 Å². The van der Waals surface area contributed by atoms with Gasteiger partial charge in [-0.15, -0.1) is 0 Å². The molecule has 0 saturated carbocycles. The van der Waals surface area contributed by atoms with Crippen LogP contribution in [-0.4, -0.2) is 56.3 Å². The van der Waals surface area contributed by atoms with Crippen LogP contribution in [0.5, 0.6) is 0 Å². The van der Waals surface area contributed by atoms with Gasteiger partial charge in [0, 0.05) is 38.3 Å². The first-order chi connectivity index (χ1) is 12.1. The van der Waals surface area contributed by atoms with Crippen molar-refractivity contribution in [1.29, 1.82) is 0 Å². The van der Waals surface area contributed by atoms with Gasteiger partial charge >= 0.3 is 0 Å². The molecule has 0 aliphatic heterocycles. The topological polar surface area (TPSA) is 83.7 Å². The fraction of sp³-hybridized carbons (Fsp3) is 0.632. The average Bonchev–Trinajstić information content (AvgIpc) is 2.59. The highest BCUT2D eigenvalue weighted by Gasteiger charge is 2.25. The third-order valence-corrected chi connectivity index (χ3v) is 6.95. The van der Waals surface area contributed by atoms with Gasteiger partial charge in [0.25, 0.3) is 5.91 Å². The molecule has 0 saturated heterocycles. The Morgan fingerprint density at radius 2 is 1.77 bits per heavy atom. The first kappa shape index (κ1) is 22.6. The molecule has 0 fully saturated rings. The number of amides is 1. The molecule has 0 radical (unpaired) electrons. The summed E-state index contributed by atoms with van der Waals surface area (Å²) in [6, 6.07) is 4.89. The molecule has 0 spiro atoms. The number of nitrogens with zero attached hydrogens (tertiary/aromatic N) is 2. The van der Waals surface area contributed by atoms with Crippen molar-refractivity contribution in [3.63, 3.8) is 0 Å². The molecule has 0 aromatic heterocycles. The summed E-state index contributed by atoms with van der Waals surface area (Å²) in [5.74, 6) is 0.153. The number of carbonyl (C=O) groups is 1. The average molecular weight is 384 g/mol. The van der Waals surface area contributed by atoms with E-state index in [2.05, 4.69) is 13.8 Å². The second-order valence-electron chi connectivity index (χ2n) is 6.99. The van der Waals surface area contributed by atoms with Gasteiger partial charge in [0.1, 0.15) is 0 Å². The lowest BCUT2D eigenvalue weighted by molar-refractivity contribution is 0.0789. The molecule has 1 unspecified atom stereocenters. The summed E-state index contributed by atoms with van der Waals surface area (Å²) in [7, 11) is -1.89. The standard InChI is InChI=1S/C19H33N3O3S/c1-7-22(8-2)26(24,25)18-13-16(10-9-15(18)5)19(23)21(6)12-11-17(20)14(3)4/h9-10,13-14,17H,7-8,11-12,20H2,1-6H3. The smallest absolute Gasteiger partial charge is 0.253 e. The molecular weight excluding hydrogens is 350 g/mol. The molecule has 1 aromatic carbocycles. The SMILES string of the molecule is CCN(CC)S(=O)(=O)c1cc(C(=O)N(C)CCC(N)C(C)C)ccc1C. The van der Waals surface area contributed by atoms with Crippen LogP contribution in [0.2, 0.25) is 0 Å². The lowest BCUT2D eigenvalue weighted by atomic mass is 10.0. The molecular formula is C19H33N3O3S. The normalized spacial score (nSPS) is 13.3. The number of rotatable bonds is 9. The molecule has 7 heteroatoms. The number of carbonyl (C=O) groups excluding carboxylic acids is 1. The summed E-state index contributed by atoms with van der Waals surface area (Å²) in [5, 5.41) is 0. The Kier molecular flexibility index (Phi) is 8.24. The van der Waals surface area contributed by atoms with Crippen molar-refractivity contribution in [3.05, 3.63) is 29.3 Å². The molecule has 1 rings (SSSR count). The Morgan fingerprint density at radius 1 is 1.19 bits per heavy atom. The van der Waals surface area contributed by atoms with E-state index in [9.17, 15) is 13.2 Å². The predicted molar refractivity (Wildman–Crippen MR) is 106 cm³/mol. The molecule has 148 valence electrons. The maximum Gasteiger partial charge on any atom is 0.253 e. The molecule has 26 heavy (non-hydrogen) atoms. The number of sulfonamides is 1. The van der Waals surface area contributed by atoms with Crippen LogP contribution in [0.25, 0.3) is 0 Å². The van der Waals surface area contributed by atoms with Crippen LogP contribution in [-0.2, 0) is 10.0 Å². The van der Waals surface area contributed by atoms with E-state index in [1.54, 1.807) is 44.9 Å². The minimum absolute atomic E-state index is 0.0295. The van der Waals surface area contributed by atoms with E-state index in [0.29, 0.717) is 43.1 Å². The molecule has 0 heterocycles. The molecule has 1 atom stereocenters. The third kappa shape index (κ3) is 5.28. The number of aryl methyl sites for hydroxylation is 1. The van der Waals surface area contributed by atoms with Crippen LogP contribution >= 0.6 is 0 Å². The molecule has 2 N–H and O–H groups in total. The van der Waals surface area contributed by atoms with Crippen LogP contribution in [0.15, 0.2) is 23.1 Å². The van der Waals surface area contributed by atoms with E-state index >= 15 is 0 Å². The summed E-state index contributed by atoms with van der Waals surface area (Å²) in [6.07, 6.45) is 0.705. The number of hydrogen-bond donors (Lipinski definition) is 1. The summed E-state index contributed by atoms with van der Waals surface area (Å²) in [4.78, 5) is 14.5. The Labute approximate surface area is 158 Å². The van der Waals surface area contributed by atoms with Crippen molar-refractivity contribution in [2.75, 3.05) is 26.7 Å². The van der Waals surface area contributed by atoms with Crippen molar-refractivity contribution in [3.8, 4) is 0 Å². The monoisotopic (exact) mass is 383 g/mol. The fourth-order valence-corrected chi connectivity index (χ4v) is 4.42. The van der Waals surface area contributed by atoms with Gasteiger partial charge in [0.05, 0.1) is 4.90 Å². The van der Waals surface area contributed by atoms with Gasteiger partial charge in [-0.1, -0.05) is 33.8 Å². The fourth-order valence-electron chi connectivity index (χ4n) is 2.71. The van der Waals surface area contributed by atoms with Crippen LogP contribution in [0.4, 0.5) is 0 Å². The maximum absolute atomic E-state index is 12.8. The highest BCUT2D eigenvalue weighted by atomic mass is 32.2. The van der Waals surface area contributed by atoms with Gasteiger partial charge in [0.2, 0.25) is 10.0 Å². The van der Waals surface area contributed by atoms with Crippen molar-refractivity contribution < 1.29 is 13.2 Å². The Balaban J connectivity index is 3.07. The van der Waals surface area contributed by atoms with Crippen LogP contribution in [0.3, 0.4) is 0 Å². The predicted octanol–water partition coefficient (Wildman–Crippen LogP) is 2.47. The van der Waals surface area contributed by atoms with Gasteiger partial charge in [0.15, 0.2) is 0 Å². The summed E-state index contributed by atoms with van der Waals surface area (Å²) < 4.78 is 27.1. The molecule has 0 aliphatic carbocycles. The first-order valence-electron chi connectivity index (χ1n) is 9.18. The quantitative estimate of drug-likeness (QED) is 0.710. The summed E-state index contributed by atoms with van der Waals surface area (Å²) >= 11 is 0. The van der Waals surface area contributed by atoms with Crippen molar-refractivity contribution in [1.82, 2.24) is 9.21 Å². The van der Waals surface area contributed by atoms with Crippen molar-refractivity contribution in [2.45, 2.75) is 52.0 Å². The van der Waals surface area contributed by atoms with Gasteiger partial charge in [-0.3, -0.25) is 4.79 Å². The minimum Gasteiger partial charge on any atom is -0.342 e. The second kappa shape index (κ2) is 9.48. The largest absolute Gasteiger partial charge is 0.342 e. The summed E-state index contributed by atoms with van der Waals surface area (Å²) in [5.41, 5.74) is 7.06. The molecule has 1 amide bonds. The van der Waals surface area contributed by atoms with E-state index in [1.165, 1.54) is 10.4 Å². The Morgan fingerprint density at radius 3 is 2.27 bits per heavy atom. The van der Waals surface area contributed by atoms with Crippen LogP contribution in [0, 0.1) is 12.8 Å². The van der Waals surface area contributed by atoms with E-state index in [4.69, 9.17) is 5.73 Å². The first-order valence-corrected chi connectivity index (χ1v) is 10.6. The highest BCUT2D eigenvalue weighted by Crippen LogP contribution is 2.22. The second-order valence-corrected chi connectivity index (χ2v) is 8.90. The molecule has 0 aliphatic rings. The Hall–Kier alpha value is -1.44. The number of hydrogen-bond acceptors (Lipinski definition) is 4. The van der Waals surface area contributed by atoms with Gasteiger partial charge in [-0.05, 0) is 37.0 Å². The van der Waals surface area contributed by atoms with E-state index < -0.39 is 10.0 Å². The maximum atomic E-state index is 12.8. The lowest BCUT2D eigenvalue weighted by Crippen LogP contribution is -2.35. The molecule has 1 aromatic rings. The van der Waals surface area contributed by atoms with E-state index in [0.717, 1.165) is 0 Å². The lowest BCUT2D eigenvalue weighted by Gasteiger charge is -2.23. The molecule has 0 bridgehead atoms.